The van der Waals surface area contributed by atoms with Gasteiger partial charge in [0.05, 0.1) is 0 Å². The van der Waals surface area contributed by atoms with E-state index in [0.717, 1.165) is 12.8 Å². The van der Waals surface area contributed by atoms with Crippen LogP contribution < -0.4 is 5.73 Å². The molecule has 0 saturated heterocycles. The van der Waals surface area contributed by atoms with E-state index in [1.165, 1.54) is 6.42 Å². The van der Waals surface area contributed by atoms with Crippen molar-refractivity contribution in [2.75, 3.05) is 6.54 Å². The van der Waals surface area contributed by atoms with Crippen molar-refractivity contribution in [1.82, 2.24) is 0 Å². The number of nitrogens with two attached hydrogens (primary N) is 1. The van der Waals surface area contributed by atoms with Gasteiger partial charge in [0.2, 0.25) is 6.43 Å². The van der Waals surface area contributed by atoms with Crippen LogP contribution in [-0.4, -0.2) is 13.0 Å². The molecule has 2 aliphatic carbocycles. The molecule has 4 heteroatoms. The van der Waals surface area contributed by atoms with Crippen molar-refractivity contribution in [2.45, 2.75) is 38.5 Å². The molecule has 0 aromatic heterocycles. The molecule has 2 aliphatic rings. The van der Waals surface area contributed by atoms with Gasteiger partial charge in [0.1, 0.15) is 0 Å². The number of alkyl halides is 2. The second-order valence-electron chi connectivity index (χ2n) is 4.57. The van der Waals surface area contributed by atoms with Crippen LogP contribution in [0.25, 0.3) is 0 Å². The molecule has 2 saturated carbocycles. The summed E-state index contributed by atoms with van der Waals surface area (Å²) in [6.45, 7) is 0.159. The van der Waals surface area contributed by atoms with Crippen molar-refractivity contribution in [3.8, 4) is 0 Å². The van der Waals surface area contributed by atoms with Crippen molar-refractivity contribution in [3.05, 3.63) is 0 Å². The Balaban J connectivity index is 0.000000845. The highest BCUT2D eigenvalue weighted by Crippen LogP contribution is 2.65. The fourth-order valence-corrected chi connectivity index (χ4v) is 2.86. The Hall–Kier alpha value is 0.110. The quantitative estimate of drug-likeness (QED) is 0.747. The van der Waals surface area contributed by atoms with Crippen LogP contribution in [0.15, 0.2) is 0 Å². The lowest BCUT2D eigenvalue weighted by molar-refractivity contribution is -0.164. The maximum Gasteiger partial charge on any atom is 0.245 e. The van der Waals surface area contributed by atoms with Gasteiger partial charge in [-0.15, -0.1) is 12.4 Å². The number of rotatable bonds is 2. The predicted molar refractivity (Wildman–Crippen MR) is 50.3 cm³/mol. The Morgan fingerprint density at radius 3 is 2.00 bits per heavy atom. The third-order valence-electron chi connectivity index (χ3n) is 3.74. The molecule has 0 atom stereocenters. The van der Waals surface area contributed by atoms with Gasteiger partial charge in [0.25, 0.3) is 0 Å². The number of hydrogen-bond acceptors (Lipinski definition) is 1. The van der Waals surface area contributed by atoms with Crippen molar-refractivity contribution in [3.63, 3.8) is 0 Å². The lowest BCUT2D eigenvalue weighted by Gasteiger charge is -2.60. The van der Waals surface area contributed by atoms with Crippen molar-refractivity contribution < 1.29 is 8.78 Å². The zero-order valence-corrected chi connectivity index (χ0v) is 8.38. The molecule has 0 aliphatic heterocycles. The second kappa shape index (κ2) is 3.35. The summed E-state index contributed by atoms with van der Waals surface area (Å²) < 4.78 is 25.1. The molecule has 2 N–H and O–H groups in total. The zero-order chi connectivity index (χ0) is 8.82. The van der Waals surface area contributed by atoms with Gasteiger partial charge in [0, 0.05) is 12.0 Å². The van der Waals surface area contributed by atoms with Crippen LogP contribution in [0.2, 0.25) is 0 Å². The summed E-state index contributed by atoms with van der Waals surface area (Å²) in [5.74, 6) is 0. The molecule has 1 nitrogen and oxygen atoms in total. The van der Waals surface area contributed by atoms with E-state index in [1.54, 1.807) is 0 Å². The average molecular weight is 212 g/mol. The van der Waals surface area contributed by atoms with Gasteiger partial charge in [-0.3, -0.25) is 0 Å². The highest BCUT2D eigenvalue weighted by Gasteiger charge is 2.60. The van der Waals surface area contributed by atoms with Crippen LogP contribution in [0.5, 0.6) is 0 Å². The molecule has 0 bridgehead atoms. The van der Waals surface area contributed by atoms with Gasteiger partial charge >= 0.3 is 0 Å². The second-order valence-corrected chi connectivity index (χ2v) is 4.57. The van der Waals surface area contributed by atoms with Gasteiger partial charge in [-0.05, 0) is 31.1 Å². The van der Waals surface area contributed by atoms with Crippen LogP contribution in [0.3, 0.4) is 0 Å². The monoisotopic (exact) mass is 211 g/mol. The van der Waals surface area contributed by atoms with Gasteiger partial charge in [-0.2, -0.15) is 0 Å². The summed E-state index contributed by atoms with van der Waals surface area (Å²) in [5, 5.41) is 0. The molecular weight excluding hydrogens is 196 g/mol. The molecule has 0 aromatic carbocycles. The Kier molecular flexibility index (Phi) is 2.89. The fourth-order valence-electron chi connectivity index (χ4n) is 2.86. The Bertz CT molecular complexity index is 184. The minimum absolute atomic E-state index is 0. The predicted octanol–water partition coefficient (Wildman–Crippen LogP) is 2.58. The van der Waals surface area contributed by atoms with Gasteiger partial charge in [-0.1, -0.05) is 6.42 Å². The molecule has 0 aromatic rings. The smallest absolute Gasteiger partial charge is 0.245 e. The first-order valence-electron chi connectivity index (χ1n) is 4.61. The maximum atomic E-state index is 12.6. The molecule has 13 heavy (non-hydrogen) atoms. The summed E-state index contributed by atoms with van der Waals surface area (Å²) in [6.07, 6.45) is 2.67. The fraction of sp³-hybridized carbons (Fsp3) is 1.00. The largest absolute Gasteiger partial charge is 0.330 e. The lowest BCUT2D eigenvalue weighted by Crippen LogP contribution is -2.57. The Morgan fingerprint density at radius 1 is 1.23 bits per heavy atom. The van der Waals surface area contributed by atoms with Crippen molar-refractivity contribution in [2.24, 2.45) is 16.6 Å². The first kappa shape index (κ1) is 11.2. The van der Waals surface area contributed by atoms with E-state index in [4.69, 9.17) is 5.73 Å². The Morgan fingerprint density at radius 2 is 1.77 bits per heavy atom. The van der Waals surface area contributed by atoms with Crippen LogP contribution in [0.1, 0.15) is 32.1 Å². The Labute approximate surface area is 83.5 Å². The standard InChI is InChI=1S/C9H15F2N.ClH/c10-7(11)9(6-12)4-8(5-9)2-1-3-8;/h7H,1-6,12H2;1H. The molecule has 0 heterocycles. The molecule has 0 radical (unpaired) electrons. The topological polar surface area (TPSA) is 26.0 Å². The van der Waals surface area contributed by atoms with E-state index < -0.39 is 11.8 Å². The average Bonchev–Trinajstić information content (AvgIpc) is 1.82. The molecule has 2 rings (SSSR count). The lowest BCUT2D eigenvalue weighted by atomic mass is 9.45. The van der Waals surface area contributed by atoms with Crippen molar-refractivity contribution >= 4 is 12.4 Å². The molecular formula is C9H16ClF2N. The van der Waals surface area contributed by atoms with E-state index in [-0.39, 0.29) is 19.0 Å². The zero-order valence-electron chi connectivity index (χ0n) is 7.56. The normalized spacial score (nSPS) is 27.7. The first-order valence-corrected chi connectivity index (χ1v) is 4.61. The first-order chi connectivity index (χ1) is 5.63. The SMILES string of the molecule is Cl.NCC1(C(F)F)CC2(CCC2)C1. The van der Waals surface area contributed by atoms with Gasteiger partial charge in [-0.25, -0.2) is 8.78 Å². The third-order valence-corrected chi connectivity index (χ3v) is 3.74. The molecule has 0 unspecified atom stereocenters. The van der Waals surface area contributed by atoms with E-state index in [0.29, 0.717) is 18.3 Å². The summed E-state index contributed by atoms with van der Waals surface area (Å²) in [7, 11) is 0. The summed E-state index contributed by atoms with van der Waals surface area (Å²) in [6, 6.07) is 0. The van der Waals surface area contributed by atoms with Gasteiger partial charge < -0.3 is 5.73 Å². The minimum atomic E-state index is -2.21. The minimum Gasteiger partial charge on any atom is -0.330 e. The maximum absolute atomic E-state index is 12.6. The van der Waals surface area contributed by atoms with E-state index >= 15 is 0 Å². The molecule has 1 spiro atoms. The molecule has 0 amide bonds. The third kappa shape index (κ3) is 1.46. The molecule has 2 fully saturated rings. The van der Waals surface area contributed by atoms with Crippen LogP contribution in [-0.2, 0) is 0 Å². The number of hydrogen-bond donors (Lipinski definition) is 1. The van der Waals surface area contributed by atoms with E-state index in [2.05, 4.69) is 0 Å². The van der Waals surface area contributed by atoms with Crippen LogP contribution in [0.4, 0.5) is 8.78 Å². The highest BCUT2D eigenvalue weighted by molar-refractivity contribution is 5.85. The summed E-state index contributed by atoms with van der Waals surface area (Å²) in [4.78, 5) is 0. The van der Waals surface area contributed by atoms with Crippen molar-refractivity contribution in [1.29, 1.82) is 0 Å². The highest BCUT2D eigenvalue weighted by atomic mass is 35.5. The van der Waals surface area contributed by atoms with E-state index in [9.17, 15) is 8.78 Å². The van der Waals surface area contributed by atoms with Gasteiger partial charge in [0.15, 0.2) is 0 Å². The summed E-state index contributed by atoms with van der Waals surface area (Å²) in [5.41, 5.74) is 4.89. The van der Waals surface area contributed by atoms with Crippen LogP contribution >= 0.6 is 12.4 Å². The number of halogens is 3. The van der Waals surface area contributed by atoms with E-state index in [1.807, 2.05) is 0 Å². The van der Waals surface area contributed by atoms with Crippen LogP contribution in [0, 0.1) is 10.8 Å². The summed E-state index contributed by atoms with van der Waals surface area (Å²) >= 11 is 0. The molecule has 78 valence electrons.